The van der Waals surface area contributed by atoms with Crippen molar-refractivity contribution in [3.8, 4) is 0 Å². The fraction of sp³-hybridized carbons (Fsp3) is 0.500. The monoisotopic (exact) mass is 265 g/mol. The van der Waals surface area contributed by atoms with Crippen LogP contribution in [0.5, 0.6) is 0 Å². The maximum Gasteiger partial charge on any atom is 0.179 e. The Hall–Kier alpha value is -0.810. The number of nitrogens with zero attached hydrogens (tertiary/aromatic N) is 2. The van der Waals surface area contributed by atoms with Crippen LogP contribution in [0.1, 0.15) is 24.4 Å². The summed E-state index contributed by atoms with van der Waals surface area (Å²) in [6, 6.07) is 2.62. The van der Waals surface area contributed by atoms with Crippen molar-refractivity contribution in [3.05, 3.63) is 22.6 Å². The Labute approximate surface area is 110 Å². The molecule has 90 valence electrons. The maximum absolute atomic E-state index is 5.44. The minimum Gasteiger partial charge on any atom is -0.329 e. The number of thioether (sulfide) groups is 1. The van der Waals surface area contributed by atoms with E-state index in [2.05, 4.69) is 27.5 Å². The molecule has 1 aliphatic rings. The van der Waals surface area contributed by atoms with Crippen molar-refractivity contribution in [2.75, 3.05) is 11.5 Å². The highest BCUT2D eigenvalue weighted by Gasteiger charge is 2.19. The van der Waals surface area contributed by atoms with Gasteiger partial charge in [0.15, 0.2) is 10.4 Å². The summed E-state index contributed by atoms with van der Waals surface area (Å²) in [7, 11) is 0. The zero-order valence-corrected chi connectivity index (χ0v) is 11.4. The number of aryl methyl sites for hydroxylation is 1. The highest BCUT2D eigenvalue weighted by Crippen LogP contribution is 2.29. The van der Waals surface area contributed by atoms with E-state index in [1.165, 1.54) is 24.2 Å². The molecule has 0 amide bonds. The van der Waals surface area contributed by atoms with Gasteiger partial charge in [0.2, 0.25) is 0 Å². The van der Waals surface area contributed by atoms with E-state index in [9.17, 15) is 0 Å². The fourth-order valence-corrected chi connectivity index (χ4v) is 3.85. The van der Waals surface area contributed by atoms with Gasteiger partial charge in [-0.05, 0) is 49.4 Å². The Morgan fingerprint density at radius 2 is 2.47 bits per heavy atom. The van der Waals surface area contributed by atoms with E-state index in [1.807, 2.05) is 18.0 Å². The lowest BCUT2D eigenvalue weighted by Gasteiger charge is -2.22. The van der Waals surface area contributed by atoms with Gasteiger partial charge in [-0.1, -0.05) is 0 Å². The Balaban J connectivity index is 2.14. The molecule has 0 saturated carbocycles. The molecule has 0 bridgehead atoms. The Morgan fingerprint density at radius 3 is 3.24 bits per heavy atom. The molecule has 3 heterocycles. The summed E-state index contributed by atoms with van der Waals surface area (Å²) in [5, 5.41) is 0. The standard InChI is InChI=1S/C12H15N3S2/c1-8-5-10-11(13-6-8)15(12(16)14-10)9-3-2-4-17-7-9/h5-6,9H,2-4,7H2,1H3,(H,14,16). The van der Waals surface area contributed by atoms with Crippen LogP contribution in [0.3, 0.4) is 0 Å². The number of fused-ring (bicyclic) bond motifs is 1. The van der Waals surface area contributed by atoms with Crippen LogP contribution in [-0.4, -0.2) is 26.0 Å². The predicted octanol–water partition coefficient (Wildman–Crippen LogP) is 3.47. The van der Waals surface area contributed by atoms with E-state index in [0.29, 0.717) is 6.04 Å². The number of H-pyrrole nitrogens is 1. The Morgan fingerprint density at radius 1 is 1.59 bits per heavy atom. The first kappa shape index (κ1) is 11.3. The van der Waals surface area contributed by atoms with E-state index in [1.54, 1.807) is 0 Å². The molecule has 17 heavy (non-hydrogen) atoms. The van der Waals surface area contributed by atoms with Crippen LogP contribution in [0.15, 0.2) is 12.3 Å². The van der Waals surface area contributed by atoms with Gasteiger partial charge >= 0.3 is 0 Å². The summed E-state index contributed by atoms with van der Waals surface area (Å²) >= 11 is 7.45. The molecule has 5 heteroatoms. The van der Waals surface area contributed by atoms with Gasteiger partial charge in [-0.2, -0.15) is 11.8 Å². The summed E-state index contributed by atoms with van der Waals surface area (Å²) in [6.07, 6.45) is 4.40. The Kier molecular flexibility index (Phi) is 2.96. The maximum atomic E-state index is 5.44. The second-order valence-electron chi connectivity index (χ2n) is 4.55. The summed E-state index contributed by atoms with van der Waals surface area (Å²) < 4.78 is 3.02. The van der Waals surface area contributed by atoms with Crippen molar-refractivity contribution in [3.63, 3.8) is 0 Å². The van der Waals surface area contributed by atoms with Gasteiger partial charge in [0.25, 0.3) is 0 Å². The minimum atomic E-state index is 0.505. The van der Waals surface area contributed by atoms with Crippen LogP contribution in [0.4, 0.5) is 0 Å². The van der Waals surface area contributed by atoms with Gasteiger partial charge in [0, 0.05) is 18.0 Å². The van der Waals surface area contributed by atoms with Crippen LogP contribution in [0, 0.1) is 11.7 Å². The van der Waals surface area contributed by atoms with Gasteiger partial charge in [0.05, 0.1) is 5.52 Å². The number of imidazole rings is 1. The van der Waals surface area contributed by atoms with Crippen molar-refractivity contribution in [1.29, 1.82) is 0 Å². The van der Waals surface area contributed by atoms with E-state index in [4.69, 9.17) is 12.2 Å². The first-order chi connectivity index (χ1) is 8.25. The third-order valence-electron chi connectivity index (χ3n) is 3.19. The first-order valence-electron chi connectivity index (χ1n) is 5.90. The molecule has 2 aromatic heterocycles. The third-order valence-corrected chi connectivity index (χ3v) is 4.69. The highest BCUT2D eigenvalue weighted by atomic mass is 32.2. The molecule has 0 aliphatic carbocycles. The summed E-state index contributed by atoms with van der Waals surface area (Å²) in [6.45, 7) is 2.05. The molecule has 1 saturated heterocycles. The molecule has 0 aromatic carbocycles. The highest BCUT2D eigenvalue weighted by molar-refractivity contribution is 7.99. The van der Waals surface area contributed by atoms with Crippen molar-refractivity contribution >= 4 is 35.1 Å². The zero-order valence-electron chi connectivity index (χ0n) is 9.77. The van der Waals surface area contributed by atoms with Crippen molar-refractivity contribution in [2.24, 2.45) is 0 Å². The molecule has 3 rings (SSSR count). The normalized spacial score (nSPS) is 20.9. The van der Waals surface area contributed by atoms with Crippen LogP contribution in [-0.2, 0) is 0 Å². The largest absolute Gasteiger partial charge is 0.329 e. The number of aromatic nitrogens is 3. The van der Waals surface area contributed by atoms with E-state index in [0.717, 1.165) is 21.7 Å². The average molecular weight is 265 g/mol. The second kappa shape index (κ2) is 4.46. The average Bonchev–Trinajstić information content (AvgIpc) is 2.65. The molecule has 0 spiro atoms. The zero-order chi connectivity index (χ0) is 11.8. The molecular weight excluding hydrogens is 250 g/mol. The molecule has 1 aliphatic heterocycles. The van der Waals surface area contributed by atoms with Crippen LogP contribution in [0.25, 0.3) is 11.2 Å². The number of pyridine rings is 1. The van der Waals surface area contributed by atoms with E-state index >= 15 is 0 Å². The quantitative estimate of drug-likeness (QED) is 0.802. The number of rotatable bonds is 1. The van der Waals surface area contributed by atoms with Gasteiger partial charge in [0.1, 0.15) is 0 Å². The molecular formula is C12H15N3S2. The first-order valence-corrected chi connectivity index (χ1v) is 7.46. The summed E-state index contributed by atoms with van der Waals surface area (Å²) in [5.41, 5.74) is 3.23. The van der Waals surface area contributed by atoms with Crippen LogP contribution >= 0.6 is 24.0 Å². The van der Waals surface area contributed by atoms with Gasteiger partial charge in [-0.25, -0.2) is 4.98 Å². The lowest BCUT2D eigenvalue weighted by molar-refractivity contribution is 0.504. The van der Waals surface area contributed by atoms with Crippen LogP contribution < -0.4 is 0 Å². The molecule has 1 unspecified atom stereocenters. The fourth-order valence-electron chi connectivity index (χ4n) is 2.38. The number of nitrogens with one attached hydrogen (secondary N) is 1. The topological polar surface area (TPSA) is 33.6 Å². The van der Waals surface area contributed by atoms with Crippen molar-refractivity contribution in [1.82, 2.24) is 14.5 Å². The van der Waals surface area contributed by atoms with Crippen LogP contribution in [0.2, 0.25) is 0 Å². The number of aromatic amines is 1. The van der Waals surface area contributed by atoms with E-state index in [-0.39, 0.29) is 0 Å². The van der Waals surface area contributed by atoms with Crippen molar-refractivity contribution < 1.29 is 0 Å². The number of hydrogen-bond donors (Lipinski definition) is 1. The van der Waals surface area contributed by atoms with Gasteiger partial charge in [-0.3, -0.25) is 4.57 Å². The van der Waals surface area contributed by atoms with Gasteiger partial charge < -0.3 is 4.98 Å². The lowest BCUT2D eigenvalue weighted by atomic mass is 10.2. The molecule has 1 fully saturated rings. The van der Waals surface area contributed by atoms with Crippen molar-refractivity contribution in [2.45, 2.75) is 25.8 Å². The molecule has 1 N–H and O–H groups in total. The third kappa shape index (κ3) is 2.02. The number of hydrogen-bond acceptors (Lipinski definition) is 3. The summed E-state index contributed by atoms with van der Waals surface area (Å²) in [4.78, 5) is 7.80. The molecule has 0 radical (unpaired) electrons. The second-order valence-corrected chi connectivity index (χ2v) is 6.09. The molecule has 1 atom stereocenters. The van der Waals surface area contributed by atoms with Gasteiger partial charge in [-0.15, -0.1) is 0 Å². The Bertz CT molecular complexity index is 593. The lowest BCUT2D eigenvalue weighted by Crippen LogP contribution is -2.16. The molecule has 3 nitrogen and oxygen atoms in total. The smallest absolute Gasteiger partial charge is 0.179 e. The predicted molar refractivity (Wildman–Crippen MR) is 75.3 cm³/mol. The molecule has 2 aromatic rings. The van der Waals surface area contributed by atoms with E-state index < -0.39 is 0 Å². The summed E-state index contributed by atoms with van der Waals surface area (Å²) in [5.74, 6) is 2.43. The SMILES string of the molecule is Cc1cnc2c(c1)[nH]c(=S)n2C1CCCSC1. The minimum absolute atomic E-state index is 0.505.